The summed E-state index contributed by atoms with van der Waals surface area (Å²) in [7, 11) is 2.15. The number of piperazine rings is 1. The molecule has 0 spiro atoms. The summed E-state index contributed by atoms with van der Waals surface area (Å²) in [5.41, 5.74) is 4.75. The Kier molecular flexibility index (Phi) is 7.92. The number of hydrogen-bond donors (Lipinski definition) is 2. The number of rotatable bonds is 8. The maximum Gasteiger partial charge on any atom is 0.255 e. The number of nitrogens with one attached hydrogen (secondary N) is 2. The van der Waals surface area contributed by atoms with Crippen LogP contribution in [-0.4, -0.2) is 64.6 Å². The predicted octanol–water partition coefficient (Wildman–Crippen LogP) is 4.05. The van der Waals surface area contributed by atoms with Gasteiger partial charge in [-0.3, -0.25) is 14.5 Å². The molecule has 0 radical (unpaired) electrons. The van der Waals surface area contributed by atoms with Gasteiger partial charge in [0.25, 0.3) is 5.91 Å². The number of amides is 2. The second-order valence-corrected chi connectivity index (χ2v) is 9.67. The Hall–Kier alpha value is -4.27. The van der Waals surface area contributed by atoms with E-state index >= 15 is 0 Å². The largest absolute Gasteiger partial charge is 0.323 e. The quantitative estimate of drug-likeness (QED) is 0.375. The summed E-state index contributed by atoms with van der Waals surface area (Å²) in [6.07, 6.45) is 3.63. The van der Waals surface area contributed by atoms with Crippen molar-refractivity contribution in [3.63, 3.8) is 0 Å². The van der Waals surface area contributed by atoms with Crippen molar-refractivity contribution in [2.24, 2.45) is 0 Å². The van der Waals surface area contributed by atoms with Gasteiger partial charge in [-0.1, -0.05) is 48.5 Å². The molecule has 1 saturated heterocycles. The number of nitrogens with zero attached hydrogens (tertiary/aromatic N) is 4. The minimum atomic E-state index is -0.188. The molecule has 1 fully saturated rings. The van der Waals surface area contributed by atoms with Crippen molar-refractivity contribution in [1.29, 1.82) is 0 Å². The molecule has 8 nitrogen and oxygen atoms in total. The first-order chi connectivity index (χ1) is 18.5. The number of likely N-dealkylation sites (N-methyl/N-ethyl adjacent to an activating group) is 1. The molecule has 2 heterocycles. The zero-order valence-corrected chi connectivity index (χ0v) is 21.5. The highest BCUT2D eigenvalue weighted by Gasteiger charge is 2.15. The Morgan fingerprint density at radius 1 is 0.816 bits per heavy atom. The van der Waals surface area contributed by atoms with Gasteiger partial charge < -0.3 is 15.5 Å². The molecule has 0 bridgehead atoms. The molecule has 0 unspecified atom stereocenters. The fourth-order valence-electron chi connectivity index (χ4n) is 4.52. The molecule has 0 atom stereocenters. The minimum Gasteiger partial charge on any atom is -0.323 e. The van der Waals surface area contributed by atoms with Gasteiger partial charge >= 0.3 is 0 Å². The Balaban J connectivity index is 1.20. The van der Waals surface area contributed by atoms with Crippen LogP contribution >= 0.6 is 0 Å². The van der Waals surface area contributed by atoms with Gasteiger partial charge in [-0.25, -0.2) is 4.68 Å². The number of carbonyl (C=O) groups excluding carboxylic acids is 2. The van der Waals surface area contributed by atoms with Crippen LogP contribution in [0.1, 0.15) is 21.5 Å². The molecule has 1 aliphatic heterocycles. The lowest BCUT2D eigenvalue weighted by atomic mass is 10.1. The monoisotopic (exact) mass is 508 g/mol. The number of anilines is 2. The average Bonchev–Trinajstić information content (AvgIpc) is 3.39. The molecule has 3 aromatic carbocycles. The summed E-state index contributed by atoms with van der Waals surface area (Å²) in [6.45, 7) is 5.11. The molecule has 0 aliphatic carbocycles. The molecule has 5 rings (SSSR count). The molecular formula is C30H32N6O2. The van der Waals surface area contributed by atoms with Crippen LogP contribution in [0.3, 0.4) is 0 Å². The second kappa shape index (κ2) is 11.9. The SMILES string of the molecule is CN1CCN(Cc2cccc(NC(=O)c3cccc(-n4cc(NC(=O)Cc5ccccc5)cn4)c3)c2)CC1. The third kappa shape index (κ3) is 6.73. The van der Waals surface area contributed by atoms with Gasteiger partial charge in [0.15, 0.2) is 0 Å². The lowest BCUT2D eigenvalue weighted by Gasteiger charge is -2.32. The molecule has 1 aliphatic rings. The van der Waals surface area contributed by atoms with Gasteiger partial charge in [-0.05, 0) is 48.5 Å². The zero-order chi connectivity index (χ0) is 26.3. The van der Waals surface area contributed by atoms with Crippen molar-refractivity contribution >= 4 is 23.2 Å². The number of hydrogen-bond acceptors (Lipinski definition) is 5. The highest BCUT2D eigenvalue weighted by atomic mass is 16.2. The third-order valence-corrected chi connectivity index (χ3v) is 6.63. The lowest BCUT2D eigenvalue weighted by Crippen LogP contribution is -2.43. The third-order valence-electron chi connectivity index (χ3n) is 6.63. The van der Waals surface area contributed by atoms with E-state index < -0.39 is 0 Å². The van der Waals surface area contributed by atoms with Crippen LogP contribution in [0.2, 0.25) is 0 Å². The first kappa shape index (κ1) is 25.4. The van der Waals surface area contributed by atoms with E-state index in [1.165, 1.54) is 5.56 Å². The normalized spacial score (nSPS) is 14.2. The van der Waals surface area contributed by atoms with Crippen LogP contribution in [0, 0.1) is 0 Å². The fourth-order valence-corrected chi connectivity index (χ4v) is 4.52. The van der Waals surface area contributed by atoms with Crippen LogP contribution in [0.4, 0.5) is 11.4 Å². The van der Waals surface area contributed by atoms with Crippen LogP contribution in [-0.2, 0) is 17.8 Å². The van der Waals surface area contributed by atoms with Gasteiger partial charge in [0.1, 0.15) is 0 Å². The van der Waals surface area contributed by atoms with Crippen molar-refractivity contribution in [3.8, 4) is 5.69 Å². The van der Waals surface area contributed by atoms with Crippen molar-refractivity contribution < 1.29 is 9.59 Å². The minimum absolute atomic E-state index is 0.112. The van der Waals surface area contributed by atoms with Gasteiger partial charge in [0.2, 0.25) is 5.91 Å². The summed E-state index contributed by atoms with van der Waals surface area (Å²) >= 11 is 0. The van der Waals surface area contributed by atoms with E-state index in [9.17, 15) is 9.59 Å². The van der Waals surface area contributed by atoms with Crippen LogP contribution in [0.15, 0.2) is 91.3 Å². The number of benzene rings is 3. The van der Waals surface area contributed by atoms with Gasteiger partial charge in [-0.15, -0.1) is 0 Å². The Bertz CT molecular complexity index is 1390. The fraction of sp³-hybridized carbons (Fsp3) is 0.233. The second-order valence-electron chi connectivity index (χ2n) is 9.67. The topological polar surface area (TPSA) is 82.5 Å². The molecule has 1 aromatic heterocycles. The summed E-state index contributed by atoms with van der Waals surface area (Å²) in [5, 5.41) is 10.3. The van der Waals surface area contributed by atoms with E-state index in [0.29, 0.717) is 11.3 Å². The van der Waals surface area contributed by atoms with E-state index in [1.807, 2.05) is 60.7 Å². The van der Waals surface area contributed by atoms with Crippen molar-refractivity contribution in [1.82, 2.24) is 19.6 Å². The maximum atomic E-state index is 13.0. The molecule has 194 valence electrons. The van der Waals surface area contributed by atoms with Crippen LogP contribution < -0.4 is 10.6 Å². The van der Waals surface area contributed by atoms with Gasteiger partial charge in [0, 0.05) is 44.0 Å². The smallest absolute Gasteiger partial charge is 0.255 e. The van der Waals surface area contributed by atoms with E-state index in [1.54, 1.807) is 29.2 Å². The molecule has 8 heteroatoms. The molecule has 2 N–H and O–H groups in total. The van der Waals surface area contributed by atoms with Crippen molar-refractivity contribution in [2.45, 2.75) is 13.0 Å². The van der Waals surface area contributed by atoms with Crippen molar-refractivity contribution in [3.05, 3.63) is 108 Å². The van der Waals surface area contributed by atoms with E-state index in [0.717, 1.165) is 49.7 Å². The van der Waals surface area contributed by atoms with Gasteiger partial charge in [-0.2, -0.15) is 5.10 Å². The Labute approximate surface area is 222 Å². The standard InChI is InChI=1S/C30H32N6O2/c1-34-13-15-35(16-14-34)21-24-9-5-11-26(17-24)33-30(38)25-10-6-12-28(19-25)36-22-27(20-31-36)32-29(37)18-23-7-3-2-4-8-23/h2-12,17,19-20,22H,13-16,18,21H2,1H3,(H,32,37)(H,33,38). The lowest BCUT2D eigenvalue weighted by molar-refractivity contribution is -0.115. The molecule has 2 amide bonds. The van der Waals surface area contributed by atoms with Crippen molar-refractivity contribution in [2.75, 3.05) is 43.9 Å². The number of aromatic nitrogens is 2. The van der Waals surface area contributed by atoms with Crippen LogP contribution in [0.5, 0.6) is 0 Å². The first-order valence-electron chi connectivity index (χ1n) is 12.8. The average molecular weight is 509 g/mol. The Morgan fingerprint density at radius 2 is 1.58 bits per heavy atom. The van der Waals surface area contributed by atoms with E-state index in [4.69, 9.17) is 0 Å². The summed E-state index contributed by atoms with van der Waals surface area (Å²) in [6, 6.07) is 24.9. The maximum absolute atomic E-state index is 13.0. The molecule has 0 saturated carbocycles. The Morgan fingerprint density at radius 3 is 2.39 bits per heavy atom. The summed E-state index contributed by atoms with van der Waals surface area (Å²) < 4.78 is 1.64. The van der Waals surface area contributed by atoms with E-state index in [-0.39, 0.29) is 18.2 Å². The van der Waals surface area contributed by atoms with E-state index in [2.05, 4.69) is 38.6 Å². The van der Waals surface area contributed by atoms with Crippen LogP contribution in [0.25, 0.3) is 5.69 Å². The molecule has 38 heavy (non-hydrogen) atoms. The first-order valence-corrected chi connectivity index (χ1v) is 12.8. The van der Waals surface area contributed by atoms with Gasteiger partial charge in [0.05, 0.1) is 30.2 Å². The predicted molar refractivity (Wildman–Crippen MR) is 150 cm³/mol. The highest BCUT2D eigenvalue weighted by Crippen LogP contribution is 2.18. The summed E-state index contributed by atoms with van der Waals surface area (Å²) in [4.78, 5) is 30.2. The highest BCUT2D eigenvalue weighted by molar-refractivity contribution is 6.04. The number of carbonyl (C=O) groups is 2. The summed E-state index contributed by atoms with van der Waals surface area (Å²) in [5.74, 6) is -0.300. The zero-order valence-electron chi connectivity index (χ0n) is 21.5. The molecular weight excluding hydrogens is 476 g/mol. The molecule has 4 aromatic rings.